The van der Waals surface area contributed by atoms with Crippen LogP contribution in [-0.2, 0) is 0 Å². The topological polar surface area (TPSA) is 3.01 Å². The molecule has 0 bridgehead atoms. The van der Waals surface area contributed by atoms with Crippen molar-refractivity contribution >= 4 is 6.72 Å². The van der Waals surface area contributed by atoms with Gasteiger partial charge < -0.3 is 0 Å². The molecule has 0 atom stereocenters. The van der Waals surface area contributed by atoms with Crippen LogP contribution in [-0.4, -0.2) is 18.3 Å². The third-order valence-corrected chi connectivity index (χ3v) is 1.80. The van der Waals surface area contributed by atoms with Crippen molar-refractivity contribution < 1.29 is 4.58 Å². The van der Waals surface area contributed by atoms with Gasteiger partial charge in [-0.2, -0.15) is 0 Å². The number of unbranched alkanes of at least 4 members (excludes halogenated alkanes) is 1. The van der Waals surface area contributed by atoms with Crippen molar-refractivity contribution in [2.24, 2.45) is 0 Å². The zero-order valence-corrected chi connectivity index (χ0v) is 8.51. The Hall–Kier alpha value is -0.850. The van der Waals surface area contributed by atoms with Crippen LogP contribution in [0.2, 0.25) is 0 Å². The van der Waals surface area contributed by atoms with E-state index < -0.39 is 0 Å². The van der Waals surface area contributed by atoms with Crippen LogP contribution in [0.1, 0.15) is 33.1 Å². The van der Waals surface area contributed by atoms with Crippen LogP contribution in [0.3, 0.4) is 0 Å². The Morgan fingerprint density at radius 1 is 1.42 bits per heavy atom. The van der Waals surface area contributed by atoms with Crippen molar-refractivity contribution in [1.29, 1.82) is 0 Å². The molecule has 0 unspecified atom stereocenters. The van der Waals surface area contributed by atoms with Crippen molar-refractivity contribution in [2.75, 3.05) is 7.05 Å². The highest BCUT2D eigenvalue weighted by atomic mass is 14.9. The average Bonchev–Trinajstić information content (AvgIpc) is 2.04. The summed E-state index contributed by atoms with van der Waals surface area (Å²) in [6.07, 6.45) is 9.85. The number of hydrogen-bond donors (Lipinski definition) is 0. The number of allylic oxidation sites excluding steroid dienone is 4. The summed E-state index contributed by atoms with van der Waals surface area (Å²) in [6, 6.07) is 0. The normalized spacial score (nSPS) is 12.4. The lowest BCUT2D eigenvalue weighted by molar-refractivity contribution is -0.437. The first kappa shape index (κ1) is 11.2. The quantitative estimate of drug-likeness (QED) is 0.256. The van der Waals surface area contributed by atoms with Crippen molar-refractivity contribution in [3.05, 3.63) is 23.9 Å². The summed E-state index contributed by atoms with van der Waals surface area (Å²) in [7, 11) is 1.99. The van der Waals surface area contributed by atoms with Gasteiger partial charge in [0.1, 0.15) is 13.8 Å². The fraction of sp³-hybridized carbons (Fsp3) is 0.545. The molecule has 0 aromatic heterocycles. The number of rotatable bonds is 5. The van der Waals surface area contributed by atoms with Crippen LogP contribution in [0.5, 0.6) is 0 Å². The monoisotopic (exact) mass is 166 g/mol. The third kappa shape index (κ3) is 4.89. The van der Waals surface area contributed by atoms with Crippen molar-refractivity contribution in [1.82, 2.24) is 0 Å². The molecule has 0 amide bonds. The molecule has 0 rings (SSSR count). The van der Waals surface area contributed by atoms with Gasteiger partial charge in [-0.15, -0.1) is 0 Å². The van der Waals surface area contributed by atoms with Crippen LogP contribution in [0.15, 0.2) is 23.9 Å². The number of nitrogens with zero attached hydrogens (tertiary/aromatic N) is 1. The standard InChI is InChI=1S/C11H20N/c1-5-7-8-9-10-11(6-2)12(3)4/h5,7,10H,3,6,8-9H2,1-2,4H3/q+1. The van der Waals surface area contributed by atoms with Gasteiger partial charge >= 0.3 is 0 Å². The second kappa shape index (κ2) is 6.84. The minimum atomic E-state index is 1.07. The Kier molecular flexibility index (Phi) is 6.35. The van der Waals surface area contributed by atoms with E-state index in [1.807, 2.05) is 11.6 Å². The molecule has 0 N–H and O–H groups in total. The largest absolute Gasteiger partial charge is 0.212 e. The summed E-state index contributed by atoms with van der Waals surface area (Å²) in [4.78, 5) is 0. The van der Waals surface area contributed by atoms with Gasteiger partial charge in [0.25, 0.3) is 0 Å². The smallest absolute Gasteiger partial charge is 0.176 e. The Balaban J connectivity index is 3.86. The maximum absolute atomic E-state index is 3.86. The molecule has 0 fully saturated rings. The van der Waals surface area contributed by atoms with Gasteiger partial charge in [-0.05, 0) is 25.8 Å². The van der Waals surface area contributed by atoms with Crippen LogP contribution < -0.4 is 0 Å². The summed E-state index contributed by atoms with van der Waals surface area (Å²) in [6.45, 7) is 8.07. The highest BCUT2D eigenvalue weighted by Crippen LogP contribution is 2.03. The van der Waals surface area contributed by atoms with Gasteiger partial charge in [0.15, 0.2) is 5.70 Å². The summed E-state index contributed by atoms with van der Waals surface area (Å²) < 4.78 is 1.94. The van der Waals surface area contributed by atoms with Crippen molar-refractivity contribution in [3.8, 4) is 0 Å². The molecule has 0 aromatic rings. The SMILES string of the molecule is C=[N+](C)C(=CCCC=CC)CC. The summed E-state index contributed by atoms with van der Waals surface area (Å²) in [5.74, 6) is 0. The molecule has 0 aliphatic heterocycles. The van der Waals surface area contributed by atoms with E-state index in [-0.39, 0.29) is 0 Å². The summed E-state index contributed by atoms with van der Waals surface area (Å²) in [5, 5.41) is 0. The molecule has 12 heavy (non-hydrogen) atoms. The first-order valence-corrected chi connectivity index (χ1v) is 4.56. The Morgan fingerprint density at radius 3 is 2.50 bits per heavy atom. The van der Waals surface area contributed by atoms with Gasteiger partial charge in [0.05, 0.1) is 0 Å². The molecule has 0 saturated heterocycles. The molecule has 0 aliphatic carbocycles. The second-order valence-electron chi connectivity index (χ2n) is 2.89. The van der Waals surface area contributed by atoms with Gasteiger partial charge in [0.2, 0.25) is 0 Å². The maximum atomic E-state index is 3.86. The molecule has 1 heteroatoms. The molecular formula is C11H20N+. The Labute approximate surface area is 76.1 Å². The Bertz CT molecular complexity index is 187. The third-order valence-electron chi connectivity index (χ3n) is 1.80. The van der Waals surface area contributed by atoms with Crippen LogP contribution in [0.25, 0.3) is 0 Å². The minimum Gasteiger partial charge on any atom is -0.212 e. The van der Waals surface area contributed by atoms with Crippen molar-refractivity contribution in [3.63, 3.8) is 0 Å². The van der Waals surface area contributed by atoms with Gasteiger partial charge in [0, 0.05) is 6.42 Å². The molecule has 0 spiro atoms. The fourth-order valence-corrected chi connectivity index (χ4v) is 1.08. The lowest BCUT2D eigenvalue weighted by Gasteiger charge is -1.95. The lowest BCUT2D eigenvalue weighted by Crippen LogP contribution is -2.00. The molecule has 68 valence electrons. The first-order chi connectivity index (χ1) is 5.72. The molecule has 0 aliphatic rings. The zero-order chi connectivity index (χ0) is 9.40. The minimum absolute atomic E-state index is 1.07. The molecule has 0 saturated carbocycles. The van der Waals surface area contributed by atoms with Gasteiger partial charge in [-0.3, -0.25) is 0 Å². The van der Waals surface area contributed by atoms with Crippen molar-refractivity contribution in [2.45, 2.75) is 33.1 Å². The number of hydrogen-bond acceptors (Lipinski definition) is 0. The molecular weight excluding hydrogens is 146 g/mol. The zero-order valence-electron chi connectivity index (χ0n) is 8.51. The van der Waals surface area contributed by atoms with E-state index >= 15 is 0 Å². The average molecular weight is 166 g/mol. The second-order valence-corrected chi connectivity index (χ2v) is 2.89. The van der Waals surface area contributed by atoms with Crippen LogP contribution >= 0.6 is 0 Å². The molecule has 1 nitrogen and oxygen atoms in total. The van der Waals surface area contributed by atoms with E-state index in [0.29, 0.717) is 0 Å². The van der Waals surface area contributed by atoms with E-state index in [9.17, 15) is 0 Å². The predicted molar refractivity (Wildman–Crippen MR) is 55.7 cm³/mol. The predicted octanol–water partition coefficient (Wildman–Crippen LogP) is 2.98. The van der Waals surface area contributed by atoms with Gasteiger partial charge in [-0.1, -0.05) is 19.1 Å². The first-order valence-electron chi connectivity index (χ1n) is 4.56. The molecule has 0 heterocycles. The summed E-state index contributed by atoms with van der Waals surface area (Å²) >= 11 is 0. The Morgan fingerprint density at radius 2 is 2.08 bits per heavy atom. The lowest BCUT2D eigenvalue weighted by atomic mass is 10.2. The van der Waals surface area contributed by atoms with E-state index in [1.165, 1.54) is 5.70 Å². The van der Waals surface area contributed by atoms with Crippen LogP contribution in [0, 0.1) is 0 Å². The molecule has 0 aromatic carbocycles. The fourth-order valence-electron chi connectivity index (χ4n) is 1.08. The maximum Gasteiger partial charge on any atom is 0.176 e. The highest BCUT2D eigenvalue weighted by molar-refractivity contribution is 5.16. The summed E-state index contributed by atoms with van der Waals surface area (Å²) in [5.41, 5.74) is 1.32. The van der Waals surface area contributed by atoms with E-state index in [2.05, 4.69) is 38.8 Å². The van der Waals surface area contributed by atoms with E-state index in [0.717, 1.165) is 19.3 Å². The van der Waals surface area contributed by atoms with E-state index in [1.54, 1.807) is 0 Å². The van der Waals surface area contributed by atoms with Gasteiger partial charge in [-0.25, -0.2) is 4.58 Å². The van der Waals surface area contributed by atoms with E-state index in [4.69, 9.17) is 0 Å². The van der Waals surface area contributed by atoms with Crippen LogP contribution in [0.4, 0.5) is 0 Å². The molecule has 0 radical (unpaired) electrons. The highest BCUT2D eigenvalue weighted by Gasteiger charge is 1.99.